The molecule has 0 aliphatic rings. The molecule has 0 aromatic carbocycles. The van der Waals surface area contributed by atoms with E-state index >= 15 is 0 Å². The van der Waals surface area contributed by atoms with Crippen LogP contribution in [0.4, 0.5) is 0 Å². The standard InChI is InChI=1S/C11H25NO3S/c1-4-5-11(6-9-16(3,13)14)10-12-7-8-15-2/h11-12H,4-10H2,1-3H3. The van der Waals surface area contributed by atoms with E-state index in [1.54, 1.807) is 7.11 Å². The highest BCUT2D eigenvalue weighted by Crippen LogP contribution is 2.11. The Hall–Kier alpha value is -0.130. The summed E-state index contributed by atoms with van der Waals surface area (Å²) < 4.78 is 27.1. The third-order valence-corrected chi connectivity index (χ3v) is 3.49. The summed E-state index contributed by atoms with van der Waals surface area (Å²) in [5.74, 6) is 0.750. The van der Waals surface area contributed by atoms with Crippen LogP contribution in [0, 0.1) is 5.92 Å². The normalized spacial score (nSPS) is 13.9. The molecule has 0 spiro atoms. The van der Waals surface area contributed by atoms with Crippen molar-refractivity contribution in [3.8, 4) is 0 Å². The molecule has 98 valence electrons. The molecule has 0 amide bonds. The van der Waals surface area contributed by atoms with Gasteiger partial charge in [-0.1, -0.05) is 13.3 Å². The third kappa shape index (κ3) is 10.4. The molecular formula is C11H25NO3S. The molecule has 0 aliphatic heterocycles. The molecule has 1 atom stereocenters. The first-order valence-electron chi connectivity index (χ1n) is 5.87. The average molecular weight is 251 g/mol. The van der Waals surface area contributed by atoms with Crippen molar-refractivity contribution in [2.24, 2.45) is 5.92 Å². The predicted molar refractivity (Wildman–Crippen MR) is 67.5 cm³/mol. The van der Waals surface area contributed by atoms with Gasteiger partial charge in [0.2, 0.25) is 0 Å². The zero-order valence-corrected chi connectivity index (χ0v) is 11.5. The number of rotatable bonds is 10. The van der Waals surface area contributed by atoms with E-state index in [1.807, 2.05) is 0 Å². The summed E-state index contributed by atoms with van der Waals surface area (Å²) in [5, 5.41) is 3.29. The molecule has 0 radical (unpaired) electrons. The minimum absolute atomic E-state index is 0.295. The van der Waals surface area contributed by atoms with E-state index in [1.165, 1.54) is 6.26 Å². The number of nitrogens with one attached hydrogen (secondary N) is 1. The summed E-state index contributed by atoms with van der Waals surface area (Å²) in [5.41, 5.74) is 0. The van der Waals surface area contributed by atoms with Crippen molar-refractivity contribution >= 4 is 9.84 Å². The van der Waals surface area contributed by atoms with Gasteiger partial charge in [0.25, 0.3) is 0 Å². The topological polar surface area (TPSA) is 55.4 Å². The van der Waals surface area contributed by atoms with Gasteiger partial charge >= 0.3 is 0 Å². The van der Waals surface area contributed by atoms with Crippen molar-refractivity contribution in [1.82, 2.24) is 5.32 Å². The Kier molecular flexibility index (Phi) is 8.89. The van der Waals surface area contributed by atoms with Gasteiger partial charge in [-0.25, -0.2) is 8.42 Å². The van der Waals surface area contributed by atoms with Gasteiger partial charge in [0.05, 0.1) is 12.4 Å². The molecule has 1 N–H and O–H groups in total. The first kappa shape index (κ1) is 15.9. The van der Waals surface area contributed by atoms with Gasteiger partial charge in [0.15, 0.2) is 0 Å². The monoisotopic (exact) mass is 251 g/mol. The number of ether oxygens (including phenoxy) is 1. The molecule has 4 nitrogen and oxygen atoms in total. The highest BCUT2D eigenvalue weighted by molar-refractivity contribution is 7.90. The van der Waals surface area contributed by atoms with Gasteiger partial charge in [-0.05, 0) is 25.3 Å². The lowest BCUT2D eigenvalue weighted by atomic mass is 10.0. The highest BCUT2D eigenvalue weighted by Gasteiger charge is 2.11. The molecule has 0 rings (SSSR count). The van der Waals surface area contributed by atoms with Crippen molar-refractivity contribution < 1.29 is 13.2 Å². The van der Waals surface area contributed by atoms with Crippen molar-refractivity contribution in [2.75, 3.05) is 38.8 Å². The molecule has 0 saturated carbocycles. The minimum atomic E-state index is -2.83. The first-order valence-corrected chi connectivity index (χ1v) is 7.93. The third-order valence-electron chi connectivity index (χ3n) is 2.51. The van der Waals surface area contributed by atoms with Gasteiger partial charge < -0.3 is 10.1 Å². The second kappa shape index (κ2) is 8.96. The molecule has 0 aromatic rings. The Morgan fingerprint density at radius 3 is 2.50 bits per heavy atom. The minimum Gasteiger partial charge on any atom is -0.383 e. The summed E-state index contributed by atoms with van der Waals surface area (Å²) in [7, 11) is -1.15. The Labute approximate surface area is 99.7 Å². The van der Waals surface area contributed by atoms with Crippen LogP contribution < -0.4 is 5.32 Å². The van der Waals surface area contributed by atoms with Gasteiger partial charge in [-0.2, -0.15) is 0 Å². The van der Waals surface area contributed by atoms with Crippen LogP contribution in [0.1, 0.15) is 26.2 Å². The lowest BCUT2D eigenvalue weighted by Gasteiger charge is -2.16. The van der Waals surface area contributed by atoms with E-state index in [4.69, 9.17) is 4.74 Å². The molecule has 0 aromatic heterocycles. The van der Waals surface area contributed by atoms with E-state index in [9.17, 15) is 8.42 Å². The fourth-order valence-electron chi connectivity index (χ4n) is 1.62. The molecule has 0 bridgehead atoms. The Morgan fingerprint density at radius 2 is 2.00 bits per heavy atom. The molecular weight excluding hydrogens is 226 g/mol. The van der Waals surface area contributed by atoms with Crippen LogP contribution in [0.25, 0.3) is 0 Å². The van der Waals surface area contributed by atoms with E-state index in [-0.39, 0.29) is 0 Å². The van der Waals surface area contributed by atoms with Gasteiger partial charge in [-0.3, -0.25) is 0 Å². The molecule has 16 heavy (non-hydrogen) atoms. The predicted octanol–water partition coefficient (Wildman–Crippen LogP) is 1.07. The summed E-state index contributed by atoms with van der Waals surface area (Å²) >= 11 is 0. The molecule has 0 aliphatic carbocycles. The maximum absolute atomic E-state index is 11.1. The van der Waals surface area contributed by atoms with Gasteiger partial charge in [0.1, 0.15) is 9.84 Å². The second-order valence-electron chi connectivity index (χ2n) is 4.27. The second-order valence-corrected chi connectivity index (χ2v) is 6.53. The van der Waals surface area contributed by atoms with Crippen LogP contribution in [0.5, 0.6) is 0 Å². The van der Waals surface area contributed by atoms with Gasteiger partial charge in [-0.15, -0.1) is 0 Å². The first-order chi connectivity index (χ1) is 7.49. The lowest BCUT2D eigenvalue weighted by Crippen LogP contribution is -2.27. The highest BCUT2D eigenvalue weighted by atomic mass is 32.2. The van der Waals surface area contributed by atoms with Crippen LogP contribution >= 0.6 is 0 Å². The number of hydrogen-bond acceptors (Lipinski definition) is 4. The van der Waals surface area contributed by atoms with Crippen molar-refractivity contribution in [3.63, 3.8) is 0 Å². The Bertz CT molecular complexity index is 252. The molecule has 0 heterocycles. The van der Waals surface area contributed by atoms with Gasteiger partial charge in [0, 0.05) is 19.9 Å². The number of hydrogen-bond donors (Lipinski definition) is 1. The zero-order chi connectivity index (χ0) is 12.4. The maximum Gasteiger partial charge on any atom is 0.147 e. The summed E-state index contributed by atoms with van der Waals surface area (Å²) in [6, 6.07) is 0. The smallest absolute Gasteiger partial charge is 0.147 e. The van der Waals surface area contributed by atoms with Crippen molar-refractivity contribution in [3.05, 3.63) is 0 Å². The largest absolute Gasteiger partial charge is 0.383 e. The average Bonchev–Trinajstić information content (AvgIpc) is 2.19. The fraction of sp³-hybridized carbons (Fsp3) is 1.00. The fourth-order valence-corrected chi connectivity index (χ4v) is 2.38. The van der Waals surface area contributed by atoms with Crippen LogP contribution in [0.3, 0.4) is 0 Å². The SMILES string of the molecule is CCCC(CCS(C)(=O)=O)CNCCOC. The Balaban J connectivity index is 3.79. The summed E-state index contributed by atoms with van der Waals surface area (Å²) in [6.07, 6.45) is 4.23. The summed E-state index contributed by atoms with van der Waals surface area (Å²) in [4.78, 5) is 0. The van der Waals surface area contributed by atoms with Crippen molar-refractivity contribution in [1.29, 1.82) is 0 Å². The van der Waals surface area contributed by atoms with E-state index in [0.29, 0.717) is 18.3 Å². The van der Waals surface area contributed by atoms with Crippen LogP contribution in [-0.4, -0.2) is 47.2 Å². The van der Waals surface area contributed by atoms with E-state index in [0.717, 1.165) is 32.4 Å². The van der Waals surface area contributed by atoms with E-state index in [2.05, 4.69) is 12.2 Å². The maximum atomic E-state index is 11.1. The quantitative estimate of drug-likeness (QED) is 0.590. The number of sulfone groups is 1. The molecule has 0 saturated heterocycles. The Morgan fingerprint density at radius 1 is 1.31 bits per heavy atom. The number of methoxy groups -OCH3 is 1. The van der Waals surface area contributed by atoms with Crippen molar-refractivity contribution in [2.45, 2.75) is 26.2 Å². The summed E-state index contributed by atoms with van der Waals surface area (Å²) in [6.45, 7) is 4.54. The molecule has 1 unspecified atom stereocenters. The van der Waals surface area contributed by atoms with E-state index < -0.39 is 9.84 Å². The molecule has 0 fully saturated rings. The van der Waals surface area contributed by atoms with Crippen LogP contribution in [0.2, 0.25) is 0 Å². The lowest BCUT2D eigenvalue weighted by molar-refractivity contribution is 0.197. The van der Waals surface area contributed by atoms with Crippen LogP contribution in [-0.2, 0) is 14.6 Å². The zero-order valence-electron chi connectivity index (χ0n) is 10.7. The molecule has 5 heteroatoms. The van der Waals surface area contributed by atoms with Crippen LogP contribution in [0.15, 0.2) is 0 Å².